The predicted octanol–water partition coefficient (Wildman–Crippen LogP) is 5.30. The minimum atomic E-state index is 0.887. The molecular formula is C14H12I2O. The zero-order valence-electron chi connectivity index (χ0n) is 9.63. The summed E-state index contributed by atoms with van der Waals surface area (Å²) in [5.41, 5.74) is 2.54. The van der Waals surface area contributed by atoms with E-state index in [1.165, 1.54) is 18.3 Å². The highest BCUT2D eigenvalue weighted by atomic mass is 127. The van der Waals surface area contributed by atoms with Crippen molar-refractivity contribution in [2.24, 2.45) is 0 Å². The molecule has 0 spiro atoms. The molecule has 0 radical (unpaired) electrons. The first-order valence-corrected chi connectivity index (χ1v) is 7.42. The molecule has 1 nitrogen and oxygen atoms in total. The van der Waals surface area contributed by atoms with Gasteiger partial charge < -0.3 is 4.74 Å². The van der Waals surface area contributed by atoms with Crippen LogP contribution in [-0.2, 0) is 0 Å². The highest BCUT2D eigenvalue weighted by Gasteiger charge is 2.02. The Morgan fingerprint density at radius 2 is 1.41 bits per heavy atom. The molecule has 0 aliphatic heterocycles. The molecule has 0 aliphatic carbocycles. The Labute approximate surface area is 129 Å². The molecule has 2 rings (SSSR count). The second-order valence-electron chi connectivity index (χ2n) is 3.92. The zero-order chi connectivity index (χ0) is 12.4. The van der Waals surface area contributed by atoms with Crippen LogP contribution in [0, 0.1) is 21.0 Å². The lowest BCUT2D eigenvalue weighted by atomic mass is 10.1. The average Bonchev–Trinajstić information content (AvgIpc) is 2.29. The van der Waals surface area contributed by atoms with E-state index in [1.807, 2.05) is 12.1 Å². The molecule has 0 aliphatic rings. The molecule has 2 aromatic carbocycles. The summed E-state index contributed by atoms with van der Waals surface area (Å²) in [5.74, 6) is 1.78. The Bertz CT molecular complexity index is 500. The summed E-state index contributed by atoms with van der Waals surface area (Å²) in [4.78, 5) is 0. The Morgan fingerprint density at radius 1 is 0.765 bits per heavy atom. The van der Waals surface area contributed by atoms with E-state index in [1.54, 1.807) is 0 Å². The van der Waals surface area contributed by atoms with Gasteiger partial charge >= 0.3 is 0 Å². The van der Waals surface area contributed by atoms with Gasteiger partial charge in [0.2, 0.25) is 0 Å². The minimum Gasteiger partial charge on any atom is -0.457 e. The highest BCUT2D eigenvalue weighted by molar-refractivity contribution is 14.1. The second kappa shape index (κ2) is 5.56. The maximum absolute atomic E-state index is 5.84. The third-order valence-corrected chi connectivity index (χ3v) is 5.47. The van der Waals surface area contributed by atoms with E-state index >= 15 is 0 Å². The molecule has 0 heterocycles. The van der Waals surface area contributed by atoms with Crippen molar-refractivity contribution in [3.05, 3.63) is 54.7 Å². The summed E-state index contributed by atoms with van der Waals surface area (Å²) >= 11 is 4.64. The smallest absolute Gasteiger partial charge is 0.128 e. The number of aryl methyl sites for hydroxylation is 2. The Morgan fingerprint density at radius 3 is 2.06 bits per heavy atom. The number of hydrogen-bond donors (Lipinski definition) is 0. The second-order valence-corrected chi connectivity index (χ2v) is 6.25. The van der Waals surface area contributed by atoms with Crippen molar-refractivity contribution in [3.63, 3.8) is 0 Å². The van der Waals surface area contributed by atoms with Gasteiger partial charge in [-0.05, 0) is 100 Å². The molecular weight excluding hydrogens is 438 g/mol. The van der Waals surface area contributed by atoms with Crippen LogP contribution < -0.4 is 4.74 Å². The summed E-state index contributed by atoms with van der Waals surface area (Å²) in [5, 5.41) is 0. The summed E-state index contributed by atoms with van der Waals surface area (Å²) in [6.45, 7) is 4.20. The molecule has 0 saturated carbocycles. The van der Waals surface area contributed by atoms with Gasteiger partial charge in [-0.15, -0.1) is 0 Å². The molecule has 88 valence electrons. The van der Waals surface area contributed by atoms with Crippen molar-refractivity contribution in [1.29, 1.82) is 0 Å². The standard InChI is InChI=1S/C14H12I2O/c1-9-3-4-11(7-10(9)2)17-12-5-6-13(15)14(16)8-12/h3-8H,1-2H3. The number of rotatable bonds is 2. The number of hydrogen-bond acceptors (Lipinski definition) is 1. The van der Waals surface area contributed by atoms with Gasteiger partial charge in [-0.25, -0.2) is 0 Å². The van der Waals surface area contributed by atoms with Gasteiger partial charge in [-0.2, -0.15) is 0 Å². The average molecular weight is 450 g/mol. The monoisotopic (exact) mass is 450 g/mol. The van der Waals surface area contributed by atoms with Gasteiger partial charge in [-0.1, -0.05) is 6.07 Å². The van der Waals surface area contributed by atoms with Gasteiger partial charge in [-0.3, -0.25) is 0 Å². The summed E-state index contributed by atoms with van der Waals surface area (Å²) in [6.07, 6.45) is 0. The van der Waals surface area contributed by atoms with E-state index in [4.69, 9.17) is 4.74 Å². The SMILES string of the molecule is Cc1ccc(Oc2ccc(I)c(I)c2)cc1C. The summed E-state index contributed by atoms with van der Waals surface area (Å²) in [6, 6.07) is 12.3. The van der Waals surface area contributed by atoms with Crippen molar-refractivity contribution in [2.75, 3.05) is 0 Å². The zero-order valence-corrected chi connectivity index (χ0v) is 13.9. The highest BCUT2D eigenvalue weighted by Crippen LogP contribution is 2.26. The predicted molar refractivity (Wildman–Crippen MR) is 87.9 cm³/mol. The Kier molecular flexibility index (Phi) is 4.30. The summed E-state index contributed by atoms with van der Waals surface area (Å²) < 4.78 is 8.30. The van der Waals surface area contributed by atoms with Crippen LogP contribution in [0.1, 0.15) is 11.1 Å². The van der Waals surface area contributed by atoms with E-state index in [-0.39, 0.29) is 0 Å². The van der Waals surface area contributed by atoms with Crippen LogP contribution in [-0.4, -0.2) is 0 Å². The van der Waals surface area contributed by atoms with E-state index in [0.29, 0.717) is 0 Å². The molecule has 0 amide bonds. The lowest BCUT2D eigenvalue weighted by molar-refractivity contribution is 0.481. The van der Waals surface area contributed by atoms with Crippen LogP contribution in [0.2, 0.25) is 0 Å². The molecule has 0 bridgehead atoms. The van der Waals surface area contributed by atoms with E-state index in [0.717, 1.165) is 11.5 Å². The number of ether oxygens (including phenoxy) is 1. The topological polar surface area (TPSA) is 9.23 Å². The first-order valence-electron chi connectivity index (χ1n) is 5.26. The normalized spacial score (nSPS) is 10.4. The van der Waals surface area contributed by atoms with Crippen molar-refractivity contribution in [2.45, 2.75) is 13.8 Å². The van der Waals surface area contributed by atoms with Crippen molar-refractivity contribution < 1.29 is 4.74 Å². The fraction of sp³-hybridized carbons (Fsp3) is 0.143. The quantitative estimate of drug-likeness (QED) is 0.565. The van der Waals surface area contributed by atoms with Gasteiger partial charge in [0, 0.05) is 7.14 Å². The largest absolute Gasteiger partial charge is 0.457 e. The van der Waals surface area contributed by atoms with E-state index in [9.17, 15) is 0 Å². The molecule has 0 atom stereocenters. The van der Waals surface area contributed by atoms with E-state index < -0.39 is 0 Å². The van der Waals surface area contributed by atoms with Crippen molar-refractivity contribution in [3.8, 4) is 11.5 Å². The molecule has 2 aromatic rings. The van der Waals surface area contributed by atoms with Crippen LogP contribution in [0.5, 0.6) is 11.5 Å². The van der Waals surface area contributed by atoms with Crippen molar-refractivity contribution in [1.82, 2.24) is 0 Å². The van der Waals surface area contributed by atoms with Crippen LogP contribution in [0.4, 0.5) is 0 Å². The third kappa shape index (κ3) is 3.34. The van der Waals surface area contributed by atoms with Gasteiger partial charge in [0.1, 0.15) is 11.5 Å². The van der Waals surface area contributed by atoms with Crippen molar-refractivity contribution >= 4 is 45.2 Å². The van der Waals surface area contributed by atoms with Crippen LogP contribution >= 0.6 is 45.2 Å². The first-order chi connectivity index (χ1) is 8.06. The maximum Gasteiger partial charge on any atom is 0.128 e. The molecule has 0 N–H and O–H groups in total. The van der Waals surface area contributed by atoms with E-state index in [2.05, 4.69) is 83.3 Å². The fourth-order valence-electron chi connectivity index (χ4n) is 1.45. The minimum absolute atomic E-state index is 0.887. The number of benzene rings is 2. The molecule has 0 saturated heterocycles. The lowest BCUT2D eigenvalue weighted by Gasteiger charge is -2.08. The molecule has 17 heavy (non-hydrogen) atoms. The number of halogens is 2. The molecule has 0 fully saturated rings. The molecule has 0 unspecified atom stereocenters. The maximum atomic E-state index is 5.84. The lowest BCUT2D eigenvalue weighted by Crippen LogP contribution is -1.88. The van der Waals surface area contributed by atoms with Gasteiger partial charge in [0.15, 0.2) is 0 Å². The van der Waals surface area contributed by atoms with Crippen LogP contribution in [0.15, 0.2) is 36.4 Å². The summed E-state index contributed by atoms with van der Waals surface area (Å²) in [7, 11) is 0. The Hall–Kier alpha value is -0.300. The molecule has 0 aromatic heterocycles. The fourth-order valence-corrected chi connectivity index (χ4v) is 2.28. The first kappa shape index (κ1) is 13.1. The molecule has 3 heteroatoms. The third-order valence-electron chi connectivity index (χ3n) is 2.61. The van der Waals surface area contributed by atoms with Gasteiger partial charge in [0.05, 0.1) is 0 Å². The van der Waals surface area contributed by atoms with Gasteiger partial charge in [0.25, 0.3) is 0 Å². The van der Waals surface area contributed by atoms with Crippen LogP contribution in [0.3, 0.4) is 0 Å². The van der Waals surface area contributed by atoms with Crippen LogP contribution in [0.25, 0.3) is 0 Å². The Balaban J connectivity index is 2.25.